The quantitative estimate of drug-likeness (QED) is 0.659. The second kappa shape index (κ2) is 8.37. The van der Waals surface area contributed by atoms with E-state index >= 15 is 0 Å². The lowest BCUT2D eigenvalue weighted by Gasteiger charge is -2.17. The fourth-order valence-corrected chi connectivity index (χ4v) is 2.67. The first-order valence-electron chi connectivity index (χ1n) is 5.89. The van der Waals surface area contributed by atoms with E-state index in [4.69, 9.17) is 9.84 Å². The van der Waals surface area contributed by atoms with Gasteiger partial charge in [-0.05, 0) is 24.7 Å². The molecule has 0 fully saturated rings. The van der Waals surface area contributed by atoms with E-state index in [1.165, 1.54) is 5.56 Å². The van der Waals surface area contributed by atoms with Crippen molar-refractivity contribution in [1.82, 2.24) is 5.32 Å². The summed E-state index contributed by atoms with van der Waals surface area (Å²) in [7, 11) is 3.56. The van der Waals surface area contributed by atoms with E-state index in [1.807, 2.05) is 31.3 Å². The summed E-state index contributed by atoms with van der Waals surface area (Å²) in [5.74, 6) is 2.24. The van der Waals surface area contributed by atoms with Gasteiger partial charge in [-0.15, -0.1) is 0 Å². The van der Waals surface area contributed by atoms with Crippen LogP contribution in [0.3, 0.4) is 0 Å². The van der Waals surface area contributed by atoms with Crippen molar-refractivity contribution in [2.24, 2.45) is 0 Å². The monoisotopic (exact) mass is 271 g/mol. The molecular weight excluding hydrogens is 250 g/mol. The third kappa shape index (κ3) is 4.86. The third-order valence-electron chi connectivity index (χ3n) is 2.67. The minimum atomic E-state index is -0.636. The summed E-state index contributed by atoms with van der Waals surface area (Å²) < 4.78 is 5.12. The van der Waals surface area contributed by atoms with E-state index in [1.54, 1.807) is 18.9 Å². The molecule has 2 atom stereocenters. The van der Waals surface area contributed by atoms with Crippen LogP contribution < -0.4 is 10.1 Å². The summed E-state index contributed by atoms with van der Waals surface area (Å²) in [5.41, 5.74) is 1.18. The Balaban J connectivity index is 2.49. The Morgan fingerprint density at radius 3 is 2.44 bits per heavy atom. The number of methoxy groups -OCH3 is 1. The van der Waals surface area contributed by atoms with Gasteiger partial charge in [0.25, 0.3) is 0 Å². The lowest BCUT2D eigenvalue weighted by molar-refractivity contribution is 0.113. The predicted octanol–water partition coefficient (Wildman–Crippen LogP) is 1.04. The molecule has 0 saturated carbocycles. The topological polar surface area (TPSA) is 61.7 Å². The zero-order valence-corrected chi connectivity index (χ0v) is 11.6. The van der Waals surface area contributed by atoms with Crippen LogP contribution in [-0.2, 0) is 0 Å². The molecule has 0 radical (unpaired) electrons. The van der Waals surface area contributed by atoms with Crippen molar-refractivity contribution in [2.45, 2.75) is 12.1 Å². The van der Waals surface area contributed by atoms with Gasteiger partial charge in [0.05, 0.1) is 19.8 Å². The van der Waals surface area contributed by atoms with Crippen LogP contribution in [0.15, 0.2) is 24.3 Å². The van der Waals surface area contributed by atoms with Crippen molar-refractivity contribution in [3.05, 3.63) is 29.8 Å². The van der Waals surface area contributed by atoms with Crippen LogP contribution in [0, 0.1) is 0 Å². The number of rotatable bonds is 8. The van der Waals surface area contributed by atoms with E-state index < -0.39 is 6.10 Å². The van der Waals surface area contributed by atoms with Crippen LogP contribution in [0.25, 0.3) is 0 Å². The molecule has 0 aromatic heterocycles. The summed E-state index contributed by atoms with van der Waals surface area (Å²) in [4.78, 5) is 0. The zero-order valence-electron chi connectivity index (χ0n) is 10.8. The standard InChI is InChI=1S/C13H21NO3S/c1-14-13(9-18-8-11(16)7-15)10-3-5-12(17-2)6-4-10/h3-6,11,13-16H,7-9H2,1-2H3. The fraction of sp³-hybridized carbons (Fsp3) is 0.538. The van der Waals surface area contributed by atoms with Gasteiger partial charge in [0.2, 0.25) is 0 Å². The predicted molar refractivity (Wildman–Crippen MR) is 75.2 cm³/mol. The molecule has 18 heavy (non-hydrogen) atoms. The van der Waals surface area contributed by atoms with E-state index in [9.17, 15) is 5.11 Å². The number of thioether (sulfide) groups is 1. The first kappa shape index (κ1) is 15.3. The number of benzene rings is 1. The van der Waals surface area contributed by atoms with Crippen LogP contribution in [0.2, 0.25) is 0 Å². The number of ether oxygens (including phenoxy) is 1. The third-order valence-corrected chi connectivity index (χ3v) is 3.86. The highest BCUT2D eigenvalue weighted by Gasteiger charge is 2.10. The summed E-state index contributed by atoms with van der Waals surface area (Å²) in [5, 5.41) is 21.3. The van der Waals surface area contributed by atoms with Crippen LogP contribution in [0.5, 0.6) is 5.75 Å². The molecule has 1 aromatic rings. The van der Waals surface area contributed by atoms with Crippen LogP contribution >= 0.6 is 11.8 Å². The molecule has 5 heteroatoms. The van der Waals surface area contributed by atoms with Crippen molar-refractivity contribution >= 4 is 11.8 Å². The van der Waals surface area contributed by atoms with Gasteiger partial charge >= 0.3 is 0 Å². The van der Waals surface area contributed by atoms with Gasteiger partial charge in [-0.3, -0.25) is 0 Å². The Hall–Kier alpha value is -0.750. The van der Waals surface area contributed by atoms with Gasteiger partial charge in [-0.25, -0.2) is 0 Å². The summed E-state index contributed by atoms with van der Waals surface area (Å²) in [6, 6.07) is 8.16. The Labute approximate surface area is 112 Å². The normalized spacial score (nSPS) is 14.2. The lowest BCUT2D eigenvalue weighted by atomic mass is 10.1. The van der Waals surface area contributed by atoms with Crippen molar-refractivity contribution in [2.75, 3.05) is 32.3 Å². The minimum absolute atomic E-state index is 0.181. The molecule has 1 aromatic carbocycles. The largest absolute Gasteiger partial charge is 0.497 e. The summed E-state index contributed by atoms with van der Waals surface area (Å²) >= 11 is 1.62. The molecule has 2 unspecified atom stereocenters. The van der Waals surface area contributed by atoms with Crippen LogP contribution in [0.1, 0.15) is 11.6 Å². The molecule has 102 valence electrons. The minimum Gasteiger partial charge on any atom is -0.497 e. The second-order valence-electron chi connectivity index (χ2n) is 3.99. The maximum Gasteiger partial charge on any atom is 0.118 e. The SMILES string of the molecule is CNC(CSCC(O)CO)c1ccc(OC)cc1. The molecule has 4 nitrogen and oxygen atoms in total. The van der Waals surface area contributed by atoms with Crippen LogP contribution in [0.4, 0.5) is 0 Å². The number of aliphatic hydroxyl groups excluding tert-OH is 2. The second-order valence-corrected chi connectivity index (χ2v) is 5.06. The highest BCUT2D eigenvalue weighted by Crippen LogP contribution is 2.21. The highest BCUT2D eigenvalue weighted by atomic mass is 32.2. The summed E-state index contributed by atoms with van der Waals surface area (Å²) in [6.07, 6.45) is -0.636. The Morgan fingerprint density at radius 1 is 1.28 bits per heavy atom. The molecule has 0 aliphatic carbocycles. The van der Waals surface area contributed by atoms with Gasteiger partial charge in [0, 0.05) is 17.5 Å². The van der Waals surface area contributed by atoms with Gasteiger partial charge in [-0.2, -0.15) is 11.8 Å². The molecule has 0 heterocycles. The van der Waals surface area contributed by atoms with Crippen molar-refractivity contribution in [1.29, 1.82) is 0 Å². The molecule has 0 spiro atoms. The summed E-state index contributed by atoms with van der Waals surface area (Å²) in [6.45, 7) is -0.181. The average Bonchev–Trinajstić information content (AvgIpc) is 2.43. The molecule has 0 aliphatic rings. The van der Waals surface area contributed by atoms with E-state index in [-0.39, 0.29) is 12.6 Å². The lowest BCUT2D eigenvalue weighted by Crippen LogP contribution is -2.21. The molecular formula is C13H21NO3S. The smallest absolute Gasteiger partial charge is 0.118 e. The number of hydrogen-bond acceptors (Lipinski definition) is 5. The van der Waals surface area contributed by atoms with E-state index in [0.29, 0.717) is 5.75 Å². The molecule has 0 bridgehead atoms. The van der Waals surface area contributed by atoms with Gasteiger partial charge in [-0.1, -0.05) is 12.1 Å². The van der Waals surface area contributed by atoms with E-state index in [0.717, 1.165) is 11.5 Å². The first-order chi connectivity index (χ1) is 8.71. The van der Waals surface area contributed by atoms with Crippen LogP contribution in [-0.4, -0.2) is 48.6 Å². The van der Waals surface area contributed by atoms with E-state index in [2.05, 4.69) is 5.32 Å². The Kier molecular flexibility index (Phi) is 7.12. The van der Waals surface area contributed by atoms with Gasteiger partial charge in [0.15, 0.2) is 0 Å². The fourth-order valence-electron chi connectivity index (χ4n) is 1.56. The maximum absolute atomic E-state index is 9.27. The first-order valence-corrected chi connectivity index (χ1v) is 7.04. The average molecular weight is 271 g/mol. The van der Waals surface area contributed by atoms with Gasteiger partial charge in [0.1, 0.15) is 5.75 Å². The maximum atomic E-state index is 9.27. The zero-order chi connectivity index (χ0) is 13.4. The van der Waals surface area contributed by atoms with Crippen molar-refractivity contribution < 1.29 is 14.9 Å². The molecule has 1 rings (SSSR count). The molecule has 0 aliphatic heterocycles. The molecule has 0 amide bonds. The van der Waals surface area contributed by atoms with Crippen molar-refractivity contribution in [3.63, 3.8) is 0 Å². The van der Waals surface area contributed by atoms with Gasteiger partial charge < -0.3 is 20.3 Å². The molecule has 0 saturated heterocycles. The van der Waals surface area contributed by atoms with Crippen molar-refractivity contribution in [3.8, 4) is 5.75 Å². The Morgan fingerprint density at radius 2 is 1.94 bits per heavy atom. The number of aliphatic hydroxyl groups is 2. The highest BCUT2D eigenvalue weighted by molar-refractivity contribution is 7.99. The molecule has 3 N–H and O–H groups in total. The number of nitrogens with one attached hydrogen (secondary N) is 1. The Bertz CT molecular complexity index is 332. The number of hydrogen-bond donors (Lipinski definition) is 3.